The largest absolute Gasteiger partial charge is 0.379 e. The highest BCUT2D eigenvalue weighted by Gasteiger charge is 2.44. The maximum atomic E-state index is 13.8. The van der Waals surface area contributed by atoms with E-state index in [1.807, 2.05) is 29.2 Å². The van der Waals surface area contributed by atoms with Crippen LogP contribution >= 0.6 is 0 Å². The highest BCUT2D eigenvalue weighted by molar-refractivity contribution is 6.23. The molecule has 2 unspecified atom stereocenters. The molecule has 0 spiro atoms. The molecule has 2 atom stereocenters. The number of piperidine rings is 1. The summed E-state index contributed by atoms with van der Waals surface area (Å²) in [6.07, 6.45) is 7.16. The van der Waals surface area contributed by atoms with Gasteiger partial charge in [0.05, 0.1) is 40.8 Å². The van der Waals surface area contributed by atoms with Gasteiger partial charge in [0.2, 0.25) is 11.8 Å². The van der Waals surface area contributed by atoms with E-state index >= 15 is 0 Å². The number of carbonyl (C=O) groups is 4. The summed E-state index contributed by atoms with van der Waals surface area (Å²) >= 11 is 0. The van der Waals surface area contributed by atoms with E-state index in [1.54, 1.807) is 48.7 Å². The lowest BCUT2D eigenvalue weighted by Gasteiger charge is -2.41. The first kappa shape index (κ1) is 32.0. The van der Waals surface area contributed by atoms with Crippen LogP contribution in [0.15, 0.2) is 72.9 Å². The van der Waals surface area contributed by atoms with Crippen LogP contribution in [0.2, 0.25) is 0 Å². The summed E-state index contributed by atoms with van der Waals surface area (Å²) < 4.78 is 13.8. The standard InChI is InChI=1S/C37H34FN9O4/c38-22-5-1-4-21(16-22)29-7-3-15-46(29)31(39)12-13-32-40-18-28(42-32)27-6-2-8-33(43-27)45-19-24(20-45)41-23-9-10-25-26(17-23)37(51)47(36(25)50)30-11-14-34(48)44-35(30)49/h1-2,4-6,8-10,12-13,16-18,24,29-30,39,41H,3,7,11,14-15,19-20H2,(H,40,42)(H,44,48,49)/b13-12-,39-31?. The van der Waals surface area contributed by atoms with Crippen LogP contribution in [0.3, 0.4) is 0 Å². The summed E-state index contributed by atoms with van der Waals surface area (Å²) in [5, 5.41) is 14.3. The number of amides is 4. The van der Waals surface area contributed by atoms with Gasteiger partial charge in [-0.2, -0.15) is 0 Å². The smallest absolute Gasteiger partial charge is 0.262 e. The minimum atomic E-state index is -1.00. The third-order valence-electron chi connectivity index (χ3n) is 9.82. The van der Waals surface area contributed by atoms with Crippen LogP contribution in [0.1, 0.15) is 63.8 Å². The van der Waals surface area contributed by atoms with Gasteiger partial charge in [-0.25, -0.2) is 14.4 Å². The molecule has 8 rings (SSSR count). The van der Waals surface area contributed by atoms with E-state index in [-0.39, 0.29) is 41.9 Å². The maximum Gasteiger partial charge on any atom is 0.262 e. The van der Waals surface area contributed by atoms with Crippen LogP contribution in [0, 0.1) is 11.2 Å². The van der Waals surface area contributed by atoms with Crippen molar-refractivity contribution >= 4 is 47.0 Å². The zero-order valence-corrected chi connectivity index (χ0v) is 27.4. The Kier molecular flexibility index (Phi) is 8.13. The number of amidine groups is 1. The van der Waals surface area contributed by atoms with Crippen molar-refractivity contribution in [2.45, 2.75) is 43.8 Å². The quantitative estimate of drug-likeness (QED) is 0.121. The van der Waals surface area contributed by atoms with E-state index in [2.05, 4.69) is 25.5 Å². The molecule has 0 bridgehead atoms. The van der Waals surface area contributed by atoms with Crippen LogP contribution in [0.25, 0.3) is 17.5 Å². The van der Waals surface area contributed by atoms with E-state index in [9.17, 15) is 23.6 Å². The Morgan fingerprint density at radius 2 is 1.78 bits per heavy atom. The number of imide groups is 2. The van der Waals surface area contributed by atoms with Crippen molar-refractivity contribution < 1.29 is 23.6 Å². The predicted molar refractivity (Wildman–Crippen MR) is 186 cm³/mol. The van der Waals surface area contributed by atoms with Crippen molar-refractivity contribution in [2.75, 3.05) is 29.9 Å². The fourth-order valence-electron chi connectivity index (χ4n) is 7.22. The van der Waals surface area contributed by atoms with Gasteiger partial charge in [0.25, 0.3) is 11.8 Å². The Morgan fingerprint density at radius 3 is 2.61 bits per heavy atom. The Labute approximate surface area is 292 Å². The number of aromatic amines is 1. The van der Waals surface area contributed by atoms with E-state index in [0.29, 0.717) is 30.4 Å². The lowest BCUT2D eigenvalue weighted by atomic mass is 10.0. The second-order valence-electron chi connectivity index (χ2n) is 13.1. The van der Waals surface area contributed by atoms with Crippen molar-refractivity contribution in [3.05, 3.63) is 101 Å². The average molecular weight is 688 g/mol. The number of nitrogens with zero attached hydrogens (tertiary/aromatic N) is 5. The number of rotatable bonds is 8. The predicted octanol–water partition coefficient (Wildman–Crippen LogP) is 4.14. The van der Waals surface area contributed by atoms with Gasteiger partial charge < -0.3 is 20.1 Å². The third kappa shape index (κ3) is 6.13. The summed E-state index contributed by atoms with van der Waals surface area (Å²) in [6.45, 7) is 2.06. The molecule has 0 radical (unpaired) electrons. The number of likely N-dealkylation sites (tertiary alicyclic amines) is 1. The number of benzene rings is 2. The average Bonchev–Trinajstić information content (AvgIpc) is 3.85. The number of hydrogen-bond donors (Lipinski definition) is 4. The summed E-state index contributed by atoms with van der Waals surface area (Å²) in [4.78, 5) is 67.8. The Hall–Kier alpha value is -6.18. The fourth-order valence-corrected chi connectivity index (χ4v) is 7.22. The first-order valence-corrected chi connectivity index (χ1v) is 16.9. The Morgan fingerprint density at radius 1 is 0.961 bits per heavy atom. The molecule has 4 N–H and O–H groups in total. The lowest BCUT2D eigenvalue weighted by molar-refractivity contribution is -0.136. The first-order chi connectivity index (χ1) is 24.7. The molecule has 4 amide bonds. The van der Waals surface area contributed by atoms with Crippen molar-refractivity contribution in [1.82, 2.24) is 30.1 Å². The van der Waals surface area contributed by atoms with Crippen LogP contribution in [0.4, 0.5) is 15.9 Å². The fraction of sp³-hybridized carbons (Fsp3) is 0.270. The number of carbonyl (C=O) groups excluding carboxylic acids is 4. The van der Waals surface area contributed by atoms with Gasteiger partial charge in [-0.05, 0) is 79.4 Å². The van der Waals surface area contributed by atoms with Crippen LogP contribution in [0.5, 0.6) is 0 Å². The summed E-state index contributed by atoms with van der Waals surface area (Å²) in [6, 6.07) is 16.4. The highest BCUT2D eigenvalue weighted by Crippen LogP contribution is 2.33. The molecule has 3 saturated heterocycles. The molecule has 0 saturated carbocycles. The van der Waals surface area contributed by atoms with Crippen molar-refractivity contribution in [3.8, 4) is 11.4 Å². The van der Waals surface area contributed by atoms with Gasteiger partial charge in [-0.3, -0.25) is 34.8 Å². The highest BCUT2D eigenvalue weighted by atomic mass is 19.1. The number of halogens is 1. The number of hydrogen-bond acceptors (Lipinski definition) is 9. The van der Waals surface area contributed by atoms with Crippen molar-refractivity contribution in [2.24, 2.45) is 0 Å². The molecule has 4 aliphatic heterocycles. The lowest BCUT2D eigenvalue weighted by Crippen LogP contribution is -2.55. The normalized spacial score (nSPS) is 20.6. The number of H-pyrrole nitrogens is 1. The zero-order valence-electron chi connectivity index (χ0n) is 27.4. The van der Waals surface area contributed by atoms with E-state index in [1.165, 1.54) is 6.07 Å². The molecule has 14 heteroatoms. The third-order valence-corrected chi connectivity index (χ3v) is 9.82. The molecule has 2 aromatic carbocycles. The van der Waals surface area contributed by atoms with Crippen LogP contribution < -0.4 is 15.5 Å². The van der Waals surface area contributed by atoms with Gasteiger partial charge >= 0.3 is 0 Å². The van der Waals surface area contributed by atoms with E-state index in [0.717, 1.165) is 47.1 Å². The molecule has 4 aliphatic rings. The molecule has 0 aliphatic carbocycles. The van der Waals surface area contributed by atoms with Gasteiger partial charge in [-0.1, -0.05) is 18.2 Å². The second-order valence-corrected chi connectivity index (χ2v) is 13.1. The van der Waals surface area contributed by atoms with Crippen LogP contribution in [-0.4, -0.2) is 85.9 Å². The van der Waals surface area contributed by atoms with Gasteiger partial charge in [0.15, 0.2) is 0 Å². The molecule has 6 heterocycles. The number of pyridine rings is 1. The van der Waals surface area contributed by atoms with Crippen LogP contribution in [-0.2, 0) is 9.59 Å². The minimum Gasteiger partial charge on any atom is -0.379 e. The van der Waals surface area contributed by atoms with E-state index < -0.39 is 29.7 Å². The molecule has 13 nitrogen and oxygen atoms in total. The molecule has 4 aromatic rings. The number of nitrogens with one attached hydrogen (secondary N) is 4. The number of aromatic nitrogens is 3. The SMILES string of the molecule is N=C(/C=C\c1ncc(-c2cccc(N3CC(Nc4ccc5c(c4)C(=O)N(C4CCC(=O)NC4=O)C5=O)C3)n2)[nH]1)N1CCCC1c1cccc(F)c1. The number of fused-ring (bicyclic) bond motifs is 1. The monoisotopic (exact) mass is 687 g/mol. The Balaban J connectivity index is 0.874. The molecular weight excluding hydrogens is 653 g/mol. The number of imidazole rings is 1. The molecule has 2 aromatic heterocycles. The van der Waals surface area contributed by atoms with Gasteiger partial charge in [0.1, 0.15) is 29.3 Å². The summed E-state index contributed by atoms with van der Waals surface area (Å²) in [5.41, 5.74) is 3.49. The number of anilines is 2. The summed E-state index contributed by atoms with van der Waals surface area (Å²) in [7, 11) is 0. The topological polar surface area (TPSA) is 167 Å². The maximum absolute atomic E-state index is 13.8. The first-order valence-electron chi connectivity index (χ1n) is 16.9. The van der Waals surface area contributed by atoms with E-state index in [4.69, 9.17) is 10.4 Å². The van der Waals surface area contributed by atoms with Crippen molar-refractivity contribution in [3.63, 3.8) is 0 Å². The van der Waals surface area contributed by atoms with Gasteiger partial charge in [-0.15, -0.1) is 0 Å². The molecule has 3 fully saturated rings. The van der Waals surface area contributed by atoms with Crippen molar-refractivity contribution in [1.29, 1.82) is 5.41 Å². The molecular formula is C37H34FN9O4. The second kappa shape index (κ2) is 12.9. The van der Waals surface area contributed by atoms with Gasteiger partial charge in [0, 0.05) is 31.7 Å². The summed E-state index contributed by atoms with van der Waals surface area (Å²) in [5.74, 6) is -0.666. The Bertz CT molecular complexity index is 2120. The zero-order chi connectivity index (χ0) is 35.2. The molecule has 258 valence electrons. The molecule has 51 heavy (non-hydrogen) atoms. The minimum absolute atomic E-state index is 0.0330.